The van der Waals surface area contributed by atoms with Crippen LogP contribution in [0.4, 0.5) is 0 Å². The van der Waals surface area contributed by atoms with Crippen molar-refractivity contribution in [2.75, 3.05) is 40.9 Å². The second kappa shape index (κ2) is 19.3. The predicted octanol–water partition coefficient (Wildman–Crippen LogP) is 6.93. The van der Waals surface area contributed by atoms with Gasteiger partial charge in [0.1, 0.15) is 17.0 Å². The number of aryl methyl sites for hydroxylation is 1. The van der Waals surface area contributed by atoms with Crippen LogP contribution in [0, 0.1) is 11.3 Å². The number of methoxy groups -OCH3 is 1. The van der Waals surface area contributed by atoms with Crippen molar-refractivity contribution in [3.05, 3.63) is 71.5 Å². The molecule has 0 spiro atoms. The lowest BCUT2D eigenvalue weighted by Gasteiger charge is -2.32. The van der Waals surface area contributed by atoms with Gasteiger partial charge in [0.05, 0.1) is 24.1 Å². The van der Waals surface area contributed by atoms with Crippen molar-refractivity contribution in [1.29, 1.82) is 0 Å². The zero-order chi connectivity index (χ0) is 41.4. The number of pyridine rings is 1. The number of benzene rings is 2. The first-order valence-electron chi connectivity index (χ1n) is 19.9. The number of amides is 2. The Bertz CT molecular complexity index is 2020. The molecule has 57 heavy (non-hydrogen) atoms. The first-order valence-corrected chi connectivity index (χ1v) is 20.7. The van der Waals surface area contributed by atoms with Crippen molar-refractivity contribution in [2.45, 2.75) is 91.2 Å². The molecule has 5 rings (SSSR count). The van der Waals surface area contributed by atoms with E-state index in [1.807, 2.05) is 51.3 Å². The van der Waals surface area contributed by atoms with Crippen LogP contribution in [0.25, 0.3) is 33.3 Å². The SMILES string of the molecule is CCn1c(-c2cccnc2C(C)OC)c(CC(C)(C)COC=O)c2cc(-c3cc(O)cc(CC(NC(=O)C(SN(C)C)C(C)C)C(=O)N4CCCCN4)c3)ccc21. The van der Waals surface area contributed by atoms with Crippen LogP contribution in [0.1, 0.15) is 77.3 Å². The lowest BCUT2D eigenvalue weighted by molar-refractivity contribution is -0.140. The molecule has 3 unspecified atom stereocenters. The fraction of sp³-hybridized carbons (Fsp3) is 0.500. The molecular weight excluding hydrogens is 741 g/mol. The molecule has 0 radical (unpaired) electrons. The zero-order valence-corrected chi connectivity index (χ0v) is 35.7. The number of nitrogens with zero attached hydrogens (tertiary/aromatic N) is 4. The van der Waals surface area contributed by atoms with E-state index in [2.05, 4.69) is 60.3 Å². The summed E-state index contributed by atoms with van der Waals surface area (Å²) in [5.74, 6) is -0.310. The number of ether oxygens (including phenoxy) is 2. The summed E-state index contributed by atoms with van der Waals surface area (Å²) in [5.41, 5.74) is 10.1. The Balaban J connectivity index is 1.61. The third-order valence-electron chi connectivity index (χ3n) is 10.4. The highest BCUT2D eigenvalue weighted by Gasteiger charge is 2.33. The third kappa shape index (κ3) is 10.6. The van der Waals surface area contributed by atoms with Crippen LogP contribution in [0.15, 0.2) is 54.7 Å². The molecule has 3 N–H and O–H groups in total. The molecule has 1 aliphatic rings. The van der Waals surface area contributed by atoms with Gasteiger partial charge in [-0.3, -0.25) is 28.7 Å². The maximum atomic E-state index is 14.0. The van der Waals surface area contributed by atoms with Gasteiger partial charge in [0, 0.05) is 61.2 Å². The minimum absolute atomic E-state index is 0.0350. The number of aromatic nitrogens is 2. The lowest BCUT2D eigenvalue weighted by atomic mass is 9.84. The Morgan fingerprint density at radius 2 is 1.88 bits per heavy atom. The summed E-state index contributed by atoms with van der Waals surface area (Å²) in [6.07, 6.45) is 4.17. The summed E-state index contributed by atoms with van der Waals surface area (Å²) in [4.78, 5) is 43.9. The van der Waals surface area contributed by atoms with Gasteiger partial charge < -0.3 is 24.5 Å². The van der Waals surface area contributed by atoms with Crippen molar-refractivity contribution in [3.63, 3.8) is 0 Å². The van der Waals surface area contributed by atoms with E-state index in [1.165, 1.54) is 11.9 Å². The van der Waals surface area contributed by atoms with E-state index >= 15 is 0 Å². The van der Waals surface area contributed by atoms with Crippen molar-refractivity contribution in [2.24, 2.45) is 11.3 Å². The van der Waals surface area contributed by atoms with Gasteiger partial charge in [0.2, 0.25) is 5.91 Å². The second-order valence-corrected chi connectivity index (χ2v) is 17.7. The minimum Gasteiger partial charge on any atom is -0.508 e. The Morgan fingerprint density at radius 3 is 2.53 bits per heavy atom. The highest BCUT2D eigenvalue weighted by atomic mass is 32.2. The largest absolute Gasteiger partial charge is 0.508 e. The average Bonchev–Trinajstić information content (AvgIpc) is 3.49. The van der Waals surface area contributed by atoms with E-state index < -0.39 is 11.5 Å². The lowest BCUT2D eigenvalue weighted by Crippen LogP contribution is -2.57. The minimum atomic E-state index is -0.851. The summed E-state index contributed by atoms with van der Waals surface area (Å²) >= 11 is 1.44. The van der Waals surface area contributed by atoms with Crippen molar-refractivity contribution in [3.8, 4) is 28.1 Å². The summed E-state index contributed by atoms with van der Waals surface area (Å²) in [5, 5.41) is 16.5. The highest BCUT2D eigenvalue weighted by Crippen LogP contribution is 2.42. The van der Waals surface area contributed by atoms with E-state index in [9.17, 15) is 19.5 Å². The molecule has 3 heterocycles. The van der Waals surface area contributed by atoms with Crippen LogP contribution >= 0.6 is 11.9 Å². The first kappa shape index (κ1) is 43.7. The Kier molecular flexibility index (Phi) is 14.8. The van der Waals surface area contributed by atoms with E-state index in [0.29, 0.717) is 32.5 Å². The molecule has 308 valence electrons. The average molecular weight is 801 g/mol. The van der Waals surface area contributed by atoms with Gasteiger partial charge in [-0.15, -0.1) is 0 Å². The number of carbonyl (C=O) groups is 3. The van der Waals surface area contributed by atoms with Crippen molar-refractivity contribution >= 4 is 41.1 Å². The summed E-state index contributed by atoms with van der Waals surface area (Å²) in [6, 6.07) is 14.9. The number of fused-ring (bicyclic) bond motifs is 1. The number of phenols is 1. The molecule has 0 bridgehead atoms. The molecule has 3 atom stereocenters. The maximum Gasteiger partial charge on any atom is 0.293 e. The van der Waals surface area contributed by atoms with Gasteiger partial charge in [0.25, 0.3) is 12.4 Å². The zero-order valence-electron chi connectivity index (χ0n) is 34.9. The van der Waals surface area contributed by atoms with E-state index in [1.54, 1.807) is 30.4 Å². The number of rotatable bonds is 18. The molecule has 2 aromatic carbocycles. The Morgan fingerprint density at radius 1 is 1.11 bits per heavy atom. The van der Waals surface area contributed by atoms with Crippen molar-refractivity contribution < 1.29 is 29.0 Å². The molecule has 1 saturated heterocycles. The molecule has 2 amide bonds. The van der Waals surface area contributed by atoms with Crippen LogP contribution in [0.3, 0.4) is 0 Å². The van der Waals surface area contributed by atoms with Crippen molar-refractivity contribution in [1.82, 2.24) is 29.6 Å². The van der Waals surface area contributed by atoms with Crippen LogP contribution in [-0.4, -0.2) is 94.5 Å². The predicted molar refractivity (Wildman–Crippen MR) is 227 cm³/mol. The molecule has 13 heteroatoms. The van der Waals surface area contributed by atoms with Gasteiger partial charge >= 0.3 is 0 Å². The molecule has 2 aromatic heterocycles. The molecule has 1 fully saturated rings. The van der Waals surface area contributed by atoms with Crippen LogP contribution in [0.2, 0.25) is 0 Å². The molecule has 1 aliphatic heterocycles. The summed E-state index contributed by atoms with van der Waals surface area (Å²) in [7, 11) is 5.49. The standard InChI is InChI=1S/C44H60N6O6S/c1-10-49-38-16-15-31(24-35(38)36(25-44(5,6)26-56-27-51)40(49)34-14-13-17-45-39(34)29(4)55-9)32-20-30(21-33(52)23-32)22-37(43(54)50-19-12-11-18-46-50)47-42(53)41(28(2)3)57-48(7)8/h13-17,20-21,23-24,27-29,37,41,46,52H,10-12,18-19,22,25-26H2,1-9H3,(H,47,53). The van der Waals surface area contributed by atoms with E-state index in [-0.39, 0.29) is 47.9 Å². The molecule has 4 aromatic rings. The van der Waals surface area contributed by atoms with Crippen LogP contribution in [-0.2, 0) is 43.2 Å². The smallest absolute Gasteiger partial charge is 0.293 e. The fourth-order valence-electron chi connectivity index (χ4n) is 7.67. The summed E-state index contributed by atoms with van der Waals surface area (Å²) < 4.78 is 15.3. The second-order valence-electron chi connectivity index (χ2n) is 16.2. The molecule has 0 saturated carbocycles. The Hall–Kier alpha value is -4.43. The Labute approximate surface area is 341 Å². The highest BCUT2D eigenvalue weighted by molar-refractivity contribution is 7.98. The van der Waals surface area contributed by atoms with Crippen LogP contribution < -0.4 is 10.7 Å². The van der Waals surface area contributed by atoms with Gasteiger partial charge in [0.15, 0.2) is 0 Å². The number of carbonyl (C=O) groups excluding carboxylic acids is 3. The first-order chi connectivity index (χ1) is 27.2. The quantitative estimate of drug-likeness (QED) is 0.0718. The van der Waals surface area contributed by atoms with Gasteiger partial charge in [-0.2, -0.15) is 0 Å². The van der Waals surface area contributed by atoms with Gasteiger partial charge in [-0.05, 0) is 112 Å². The normalized spacial score (nSPS) is 15.2. The number of hydrogen-bond donors (Lipinski definition) is 3. The number of aromatic hydroxyl groups is 1. The number of phenolic OH excluding ortho intramolecular Hbond substituents is 1. The number of hydrogen-bond acceptors (Lipinski definition) is 10. The molecule has 0 aliphatic carbocycles. The van der Waals surface area contributed by atoms with Crippen LogP contribution in [0.5, 0.6) is 5.75 Å². The summed E-state index contributed by atoms with van der Waals surface area (Å²) in [6.45, 7) is 15.0. The third-order valence-corrected chi connectivity index (χ3v) is 11.9. The molecule has 12 nitrogen and oxygen atoms in total. The van der Waals surface area contributed by atoms with Gasteiger partial charge in [-0.1, -0.05) is 51.8 Å². The van der Waals surface area contributed by atoms with E-state index in [0.717, 1.165) is 62.9 Å². The molecular formula is C44H60N6O6S. The monoisotopic (exact) mass is 800 g/mol. The number of nitrogens with one attached hydrogen (secondary N) is 2. The fourth-order valence-corrected chi connectivity index (χ4v) is 8.53. The number of hydrazine groups is 1. The maximum absolute atomic E-state index is 14.0. The van der Waals surface area contributed by atoms with Gasteiger partial charge in [-0.25, -0.2) is 5.43 Å². The topological polar surface area (TPSA) is 138 Å². The van der Waals surface area contributed by atoms with E-state index in [4.69, 9.17) is 14.5 Å².